The Balaban J connectivity index is 2.80. The fourth-order valence-electron chi connectivity index (χ4n) is 1.45. The molecule has 0 unspecified atom stereocenters. The zero-order chi connectivity index (χ0) is 11.0. The maximum atomic E-state index is 10.9. The number of para-hydroxylation sites is 2. The van der Waals surface area contributed by atoms with Gasteiger partial charge in [-0.25, -0.2) is 15.1 Å². The highest BCUT2D eigenvalue weighted by molar-refractivity contribution is 5.78. The maximum Gasteiger partial charge on any atom is 0.271 e. The van der Waals surface area contributed by atoms with Crippen LogP contribution in [0.1, 0.15) is 0 Å². The Morgan fingerprint density at radius 1 is 1.40 bits per heavy atom. The van der Waals surface area contributed by atoms with Crippen LogP contribution in [0.15, 0.2) is 24.3 Å². The van der Waals surface area contributed by atoms with Crippen LogP contribution in [-0.4, -0.2) is 28.8 Å². The van der Waals surface area contributed by atoms with Crippen molar-refractivity contribution in [1.82, 2.24) is 9.66 Å². The Morgan fingerprint density at radius 2 is 2.07 bits per heavy atom. The van der Waals surface area contributed by atoms with E-state index in [-0.39, 0.29) is 0 Å². The lowest BCUT2D eigenvalue weighted by molar-refractivity contribution is -0.535. The summed E-state index contributed by atoms with van der Waals surface area (Å²) >= 11 is 0. The Bertz CT molecular complexity index is 518. The van der Waals surface area contributed by atoms with Crippen molar-refractivity contribution >= 4 is 17.0 Å². The average molecular weight is 206 g/mol. The first-order chi connectivity index (χ1) is 7.11. The number of rotatable bonds is 2. The van der Waals surface area contributed by atoms with Gasteiger partial charge in [0.25, 0.3) is 5.95 Å². The third kappa shape index (κ3) is 1.39. The number of fused-ring (bicyclic) bond motifs is 1. The van der Waals surface area contributed by atoms with Crippen LogP contribution in [0, 0.1) is 10.1 Å². The molecule has 0 bridgehead atoms. The molecule has 0 N–H and O–H groups in total. The van der Waals surface area contributed by atoms with Gasteiger partial charge in [-0.15, -0.1) is 0 Å². The SMILES string of the molecule is CN(C)c1nc2ccccc2n1[N+](=O)[O-]. The number of nitrogens with zero attached hydrogens (tertiary/aromatic N) is 4. The highest BCUT2D eigenvalue weighted by Gasteiger charge is 2.19. The highest BCUT2D eigenvalue weighted by Crippen LogP contribution is 2.20. The molecular formula is C9H10N4O2. The lowest BCUT2D eigenvalue weighted by Crippen LogP contribution is -2.19. The van der Waals surface area contributed by atoms with Crippen LogP contribution in [-0.2, 0) is 0 Å². The van der Waals surface area contributed by atoms with Crippen molar-refractivity contribution in [2.75, 3.05) is 19.0 Å². The minimum Gasteiger partial charge on any atom is -0.344 e. The molecule has 2 aromatic rings. The molecule has 0 saturated heterocycles. The van der Waals surface area contributed by atoms with Gasteiger partial charge in [0, 0.05) is 14.1 Å². The monoisotopic (exact) mass is 206 g/mol. The van der Waals surface area contributed by atoms with Crippen molar-refractivity contribution in [3.63, 3.8) is 0 Å². The fraction of sp³-hybridized carbons (Fsp3) is 0.222. The first-order valence-corrected chi connectivity index (χ1v) is 4.40. The first kappa shape index (κ1) is 9.45. The summed E-state index contributed by atoms with van der Waals surface area (Å²) in [5.41, 5.74) is 1.13. The predicted octanol–water partition coefficient (Wildman–Crippen LogP) is 1.14. The summed E-state index contributed by atoms with van der Waals surface area (Å²) in [4.78, 5) is 16.7. The normalized spacial score (nSPS) is 10.5. The Kier molecular flexibility index (Phi) is 2.03. The summed E-state index contributed by atoms with van der Waals surface area (Å²) < 4.78 is 0.981. The molecule has 15 heavy (non-hydrogen) atoms. The quantitative estimate of drug-likeness (QED) is 0.546. The van der Waals surface area contributed by atoms with Gasteiger partial charge in [-0.3, -0.25) is 0 Å². The van der Waals surface area contributed by atoms with E-state index >= 15 is 0 Å². The van der Waals surface area contributed by atoms with Crippen LogP contribution >= 0.6 is 0 Å². The molecule has 0 radical (unpaired) electrons. The molecule has 0 aliphatic carbocycles. The molecule has 78 valence electrons. The number of benzene rings is 1. The van der Waals surface area contributed by atoms with Crippen molar-refractivity contribution < 1.29 is 5.03 Å². The summed E-state index contributed by atoms with van der Waals surface area (Å²) in [6.07, 6.45) is 0. The van der Waals surface area contributed by atoms with Crippen molar-refractivity contribution in [1.29, 1.82) is 0 Å². The van der Waals surface area contributed by atoms with Crippen LogP contribution in [0.25, 0.3) is 11.0 Å². The maximum absolute atomic E-state index is 10.9. The molecular weight excluding hydrogens is 196 g/mol. The van der Waals surface area contributed by atoms with E-state index in [0.29, 0.717) is 17.0 Å². The summed E-state index contributed by atoms with van der Waals surface area (Å²) in [6, 6.07) is 6.99. The molecule has 1 aromatic heterocycles. The van der Waals surface area contributed by atoms with Gasteiger partial charge in [0.15, 0.2) is 5.03 Å². The van der Waals surface area contributed by atoms with Gasteiger partial charge in [-0.1, -0.05) is 12.1 Å². The summed E-state index contributed by atoms with van der Waals surface area (Å²) in [6.45, 7) is 0. The topological polar surface area (TPSA) is 64.2 Å². The molecule has 1 heterocycles. The molecule has 0 aliphatic rings. The van der Waals surface area contributed by atoms with Gasteiger partial charge < -0.3 is 4.90 Å². The summed E-state index contributed by atoms with van der Waals surface area (Å²) in [5.74, 6) is 0.321. The number of hydrogen-bond acceptors (Lipinski definition) is 4. The van der Waals surface area contributed by atoms with Crippen molar-refractivity contribution in [2.45, 2.75) is 0 Å². The third-order valence-electron chi connectivity index (χ3n) is 2.08. The van der Waals surface area contributed by atoms with E-state index in [1.165, 1.54) is 0 Å². The minimum absolute atomic E-state index is 0.321. The molecule has 6 heteroatoms. The van der Waals surface area contributed by atoms with Crippen LogP contribution in [0.2, 0.25) is 0 Å². The molecule has 2 rings (SSSR count). The second kappa shape index (κ2) is 3.23. The van der Waals surface area contributed by atoms with E-state index in [1.54, 1.807) is 43.3 Å². The lowest BCUT2D eigenvalue weighted by atomic mass is 10.3. The minimum atomic E-state index is -0.468. The van der Waals surface area contributed by atoms with E-state index in [2.05, 4.69) is 4.98 Å². The zero-order valence-electron chi connectivity index (χ0n) is 8.41. The van der Waals surface area contributed by atoms with Gasteiger partial charge in [-0.2, -0.15) is 0 Å². The number of hydrogen-bond donors (Lipinski definition) is 0. The molecule has 0 fully saturated rings. The van der Waals surface area contributed by atoms with Crippen LogP contribution in [0.5, 0.6) is 0 Å². The highest BCUT2D eigenvalue weighted by atomic mass is 16.7. The van der Waals surface area contributed by atoms with Gasteiger partial charge in [0.1, 0.15) is 5.52 Å². The summed E-state index contributed by atoms with van der Waals surface area (Å²) in [5, 5.41) is 10.4. The van der Waals surface area contributed by atoms with E-state index in [9.17, 15) is 10.1 Å². The molecule has 0 atom stereocenters. The van der Waals surface area contributed by atoms with Crippen molar-refractivity contribution in [3.8, 4) is 0 Å². The fourth-order valence-corrected chi connectivity index (χ4v) is 1.45. The van der Waals surface area contributed by atoms with Gasteiger partial charge in [0.2, 0.25) is 0 Å². The Hall–Kier alpha value is -2.11. The van der Waals surface area contributed by atoms with Crippen LogP contribution in [0.3, 0.4) is 0 Å². The molecule has 0 aliphatic heterocycles. The summed E-state index contributed by atoms with van der Waals surface area (Å²) in [7, 11) is 3.45. The number of nitro groups is 1. The van der Waals surface area contributed by atoms with Gasteiger partial charge in [0.05, 0.1) is 5.52 Å². The first-order valence-electron chi connectivity index (χ1n) is 4.40. The smallest absolute Gasteiger partial charge is 0.271 e. The van der Waals surface area contributed by atoms with E-state index in [1.807, 2.05) is 0 Å². The molecule has 6 nitrogen and oxygen atoms in total. The zero-order valence-corrected chi connectivity index (χ0v) is 8.41. The number of anilines is 1. The molecule has 0 spiro atoms. The second-order valence-corrected chi connectivity index (χ2v) is 3.34. The molecule has 0 saturated carbocycles. The Labute approximate surface area is 85.9 Å². The van der Waals surface area contributed by atoms with Crippen LogP contribution in [0.4, 0.5) is 5.95 Å². The van der Waals surface area contributed by atoms with E-state index < -0.39 is 5.03 Å². The second-order valence-electron chi connectivity index (χ2n) is 3.34. The van der Waals surface area contributed by atoms with Crippen LogP contribution < -0.4 is 4.90 Å². The predicted molar refractivity (Wildman–Crippen MR) is 56.5 cm³/mol. The van der Waals surface area contributed by atoms with E-state index in [0.717, 1.165) is 4.68 Å². The van der Waals surface area contributed by atoms with E-state index in [4.69, 9.17) is 0 Å². The molecule has 1 aromatic carbocycles. The third-order valence-corrected chi connectivity index (χ3v) is 2.08. The average Bonchev–Trinajstić information content (AvgIpc) is 2.56. The largest absolute Gasteiger partial charge is 0.344 e. The molecule has 0 amide bonds. The van der Waals surface area contributed by atoms with Crippen molar-refractivity contribution in [3.05, 3.63) is 34.4 Å². The number of imidazole rings is 1. The number of aromatic nitrogens is 2. The van der Waals surface area contributed by atoms with Crippen molar-refractivity contribution in [2.24, 2.45) is 0 Å². The Morgan fingerprint density at radius 3 is 2.67 bits per heavy atom. The van der Waals surface area contributed by atoms with Gasteiger partial charge in [-0.05, 0) is 16.8 Å². The lowest BCUT2D eigenvalue weighted by Gasteiger charge is -2.07. The van der Waals surface area contributed by atoms with Gasteiger partial charge >= 0.3 is 0 Å². The standard InChI is InChI=1S/C9H10N4O2/c1-11(2)9-10-7-5-3-4-6-8(7)12(9)13(14)15/h3-6H,1-2H3.